The van der Waals surface area contributed by atoms with Gasteiger partial charge in [0.25, 0.3) is 5.91 Å². The average Bonchev–Trinajstić information content (AvgIpc) is 3.66. The highest BCUT2D eigenvalue weighted by molar-refractivity contribution is 7.98. The van der Waals surface area contributed by atoms with Gasteiger partial charge in [0.15, 0.2) is 22.5 Å². The summed E-state index contributed by atoms with van der Waals surface area (Å²) >= 11 is 9.18. The number of likely N-dealkylation sites (N-methyl/N-ethyl adjacent to an activating group) is 1. The lowest BCUT2D eigenvalue weighted by Gasteiger charge is -2.16. The van der Waals surface area contributed by atoms with Gasteiger partial charge in [0.1, 0.15) is 16.5 Å². The van der Waals surface area contributed by atoms with Crippen molar-refractivity contribution in [2.75, 3.05) is 27.8 Å². The van der Waals surface area contributed by atoms with Crippen LogP contribution in [-0.4, -0.2) is 58.4 Å². The fourth-order valence-electron chi connectivity index (χ4n) is 4.26. The summed E-state index contributed by atoms with van der Waals surface area (Å²) in [5, 5.41) is 12.1. The third kappa shape index (κ3) is 6.43. The summed E-state index contributed by atoms with van der Waals surface area (Å²) in [5.41, 5.74) is 2.35. The molecule has 0 fully saturated rings. The molecule has 0 saturated heterocycles. The lowest BCUT2D eigenvalue weighted by molar-refractivity contribution is 0.0791. The van der Waals surface area contributed by atoms with Crippen molar-refractivity contribution in [1.82, 2.24) is 24.6 Å². The van der Waals surface area contributed by atoms with E-state index in [1.165, 1.54) is 29.2 Å². The van der Waals surface area contributed by atoms with Gasteiger partial charge < -0.3 is 14.4 Å². The fraction of sp³-hybridized carbons (Fsp3) is 0.200. The van der Waals surface area contributed by atoms with Crippen LogP contribution in [0.15, 0.2) is 77.3 Å². The van der Waals surface area contributed by atoms with E-state index in [1.54, 1.807) is 60.4 Å². The second-order valence-electron chi connectivity index (χ2n) is 9.15. The smallest absolute Gasteiger partial charge is 0.273 e. The second-order valence-corrected chi connectivity index (χ2v) is 11.4. The Morgan fingerprint density at radius 2 is 1.81 bits per heavy atom. The molecule has 0 aliphatic rings. The minimum Gasteiger partial charge on any atom is -0.493 e. The van der Waals surface area contributed by atoms with Crippen molar-refractivity contribution in [3.63, 3.8) is 0 Å². The van der Waals surface area contributed by atoms with Gasteiger partial charge in [-0.25, -0.2) is 9.37 Å². The van der Waals surface area contributed by atoms with E-state index in [1.807, 2.05) is 36.4 Å². The Morgan fingerprint density at radius 1 is 1.05 bits per heavy atom. The van der Waals surface area contributed by atoms with Gasteiger partial charge in [-0.05, 0) is 48.4 Å². The van der Waals surface area contributed by atoms with E-state index in [2.05, 4.69) is 15.2 Å². The third-order valence-corrected chi connectivity index (χ3v) is 8.77. The normalized spacial score (nSPS) is 11.0. The van der Waals surface area contributed by atoms with E-state index in [0.29, 0.717) is 63.2 Å². The Bertz CT molecular complexity index is 1710. The standard InChI is InChI=1S/C30H27ClFN5O3S2/c1-36(15-14-19-12-13-25(39-2)26(16-19)40-3)29(38)23-17-41-27(33-23)18-42-30-35-34-28(20-8-4-5-9-21(20)31)37(30)24-11-7-6-10-22(24)32/h4-13,16-17H,14-15,18H2,1-3H3. The largest absolute Gasteiger partial charge is 0.493 e. The summed E-state index contributed by atoms with van der Waals surface area (Å²) < 4.78 is 27.2. The van der Waals surface area contributed by atoms with Crippen LogP contribution in [0.2, 0.25) is 5.02 Å². The zero-order valence-electron chi connectivity index (χ0n) is 23.1. The zero-order chi connectivity index (χ0) is 29.6. The molecule has 216 valence electrons. The average molecular weight is 624 g/mol. The number of para-hydroxylation sites is 1. The highest BCUT2D eigenvalue weighted by atomic mass is 35.5. The summed E-state index contributed by atoms with van der Waals surface area (Å²) in [6.45, 7) is 0.506. The van der Waals surface area contributed by atoms with Gasteiger partial charge in [-0.3, -0.25) is 9.36 Å². The molecule has 42 heavy (non-hydrogen) atoms. The van der Waals surface area contributed by atoms with Crippen molar-refractivity contribution < 1.29 is 18.7 Å². The Balaban J connectivity index is 1.29. The minimum atomic E-state index is -0.411. The van der Waals surface area contributed by atoms with E-state index in [-0.39, 0.29) is 5.91 Å². The molecule has 0 aliphatic carbocycles. The first kappa shape index (κ1) is 29.6. The van der Waals surface area contributed by atoms with Crippen molar-refractivity contribution in [3.05, 3.63) is 99.2 Å². The molecular weight excluding hydrogens is 597 g/mol. The molecule has 3 aromatic carbocycles. The Labute approximate surface area is 256 Å². The van der Waals surface area contributed by atoms with Crippen LogP contribution in [-0.2, 0) is 12.2 Å². The highest BCUT2D eigenvalue weighted by Gasteiger charge is 2.21. The highest BCUT2D eigenvalue weighted by Crippen LogP contribution is 2.34. The Morgan fingerprint density at radius 3 is 2.57 bits per heavy atom. The van der Waals surface area contributed by atoms with Crippen molar-refractivity contribution >= 4 is 40.6 Å². The number of rotatable bonds is 11. The first-order valence-corrected chi connectivity index (χ1v) is 15.1. The monoisotopic (exact) mass is 623 g/mol. The summed E-state index contributed by atoms with van der Waals surface area (Å²) in [6.07, 6.45) is 0.648. The van der Waals surface area contributed by atoms with Crippen molar-refractivity contribution in [2.24, 2.45) is 0 Å². The zero-order valence-corrected chi connectivity index (χ0v) is 25.5. The Hall–Kier alpha value is -3.93. The van der Waals surface area contributed by atoms with Gasteiger partial charge >= 0.3 is 0 Å². The van der Waals surface area contributed by atoms with Crippen molar-refractivity contribution in [2.45, 2.75) is 17.3 Å². The van der Waals surface area contributed by atoms with Crippen LogP contribution in [0.4, 0.5) is 4.39 Å². The predicted molar refractivity (Wildman–Crippen MR) is 164 cm³/mol. The number of halogens is 2. The van der Waals surface area contributed by atoms with Gasteiger partial charge in [0.2, 0.25) is 0 Å². The van der Waals surface area contributed by atoms with E-state index in [4.69, 9.17) is 21.1 Å². The van der Waals surface area contributed by atoms with Gasteiger partial charge in [-0.1, -0.05) is 53.7 Å². The lowest BCUT2D eigenvalue weighted by atomic mass is 10.1. The summed E-state index contributed by atoms with van der Waals surface area (Å²) in [5.74, 6) is 1.58. The SMILES string of the molecule is COc1ccc(CCN(C)C(=O)c2csc(CSc3nnc(-c4ccccc4Cl)n3-c3ccccc3F)n2)cc1OC. The molecule has 1 amide bonds. The number of hydrogen-bond donors (Lipinski definition) is 0. The van der Waals surface area contributed by atoms with Gasteiger partial charge in [-0.2, -0.15) is 0 Å². The minimum absolute atomic E-state index is 0.168. The van der Waals surface area contributed by atoms with Crippen LogP contribution in [0.3, 0.4) is 0 Å². The maximum atomic E-state index is 14.9. The molecule has 2 heterocycles. The number of methoxy groups -OCH3 is 2. The third-order valence-electron chi connectivity index (χ3n) is 6.47. The maximum Gasteiger partial charge on any atom is 0.273 e. The number of hydrogen-bond acceptors (Lipinski definition) is 8. The number of carbonyl (C=O) groups excluding carboxylic acids is 1. The number of nitrogens with zero attached hydrogens (tertiary/aromatic N) is 5. The van der Waals surface area contributed by atoms with E-state index < -0.39 is 5.82 Å². The second kappa shape index (κ2) is 13.4. The van der Waals surface area contributed by atoms with Gasteiger partial charge in [0, 0.05) is 24.5 Å². The number of aromatic nitrogens is 4. The molecule has 0 unspecified atom stereocenters. The maximum absolute atomic E-state index is 14.9. The molecule has 0 spiro atoms. The molecule has 0 saturated carbocycles. The van der Waals surface area contributed by atoms with Crippen LogP contribution in [0.1, 0.15) is 21.1 Å². The molecule has 0 bridgehead atoms. The van der Waals surface area contributed by atoms with E-state index in [9.17, 15) is 9.18 Å². The first-order chi connectivity index (χ1) is 20.4. The molecule has 0 aliphatic heterocycles. The number of thioether (sulfide) groups is 1. The van der Waals surface area contributed by atoms with Crippen molar-refractivity contribution in [1.29, 1.82) is 0 Å². The van der Waals surface area contributed by atoms with Gasteiger partial charge in [-0.15, -0.1) is 21.5 Å². The van der Waals surface area contributed by atoms with Crippen LogP contribution >= 0.6 is 34.7 Å². The number of benzene rings is 3. The van der Waals surface area contributed by atoms with Crippen LogP contribution in [0.5, 0.6) is 11.5 Å². The Kier molecular flexibility index (Phi) is 9.41. The number of amides is 1. The summed E-state index contributed by atoms with van der Waals surface area (Å²) in [4.78, 5) is 19.3. The van der Waals surface area contributed by atoms with Crippen LogP contribution in [0.25, 0.3) is 17.1 Å². The topological polar surface area (TPSA) is 82.4 Å². The molecule has 12 heteroatoms. The van der Waals surface area contributed by atoms with E-state index in [0.717, 1.165) is 10.6 Å². The van der Waals surface area contributed by atoms with Crippen molar-refractivity contribution in [3.8, 4) is 28.6 Å². The quantitative estimate of drug-likeness (QED) is 0.150. The number of ether oxygens (including phenoxy) is 2. The summed E-state index contributed by atoms with van der Waals surface area (Å²) in [7, 11) is 4.94. The van der Waals surface area contributed by atoms with Crippen LogP contribution in [0, 0.1) is 5.82 Å². The molecular formula is C30H27ClFN5O3S2. The molecule has 8 nitrogen and oxygen atoms in total. The molecule has 0 N–H and O–H groups in total. The molecule has 0 radical (unpaired) electrons. The van der Waals surface area contributed by atoms with E-state index >= 15 is 0 Å². The summed E-state index contributed by atoms with van der Waals surface area (Å²) in [6, 6.07) is 19.4. The first-order valence-electron chi connectivity index (χ1n) is 12.9. The molecule has 2 aromatic heterocycles. The van der Waals surface area contributed by atoms with Crippen LogP contribution < -0.4 is 9.47 Å². The predicted octanol–water partition coefficient (Wildman–Crippen LogP) is 6.81. The lowest BCUT2D eigenvalue weighted by Crippen LogP contribution is -2.29. The molecule has 0 atom stereocenters. The number of carbonyl (C=O) groups is 1. The number of thiazole rings is 1. The fourth-order valence-corrected chi connectivity index (χ4v) is 6.21. The molecule has 5 rings (SSSR count). The van der Waals surface area contributed by atoms with Gasteiger partial charge in [0.05, 0.1) is 30.7 Å². The molecule has 5 aromatic rings.